The molecule has 0 bridgehead atoms. The Morgan fingerprint density at radius 2 is 2.00 bits per heavy atom. The van der Waals surface area contributed by atoms with E-state index in [2.05, 4.69) is 21.0 Å². The fraction of sp³-hybridized carbons (Fsp3) is 0.429. The van der Waals surface area contributed by atoms with Gasteiger partial charge in [0.25, 0.3) is 5.91 Å². The molecule has 2 atom stereocenters. The van der Waals surface area contributed by atoms with Gasteiger partial charge in [-0.15, -0.1) is 10.2 Å². The molecule has 0 spiro atoms. The van der Waals surface area contributed by atoms with E-state index in [1.807, 2.05) is 36.9 Å². The number of ether oxygens (including phenoxy) is 1. The first-order chi connectivity index (χ1) is 14.3. The number of hydrogen-bond acceptors (Lipinski definition) is 6. The molecule has 2 aromatic rings. The van der Waals surface area contributed by atoms with Crippen molar-refractivity contribution in [1.29, 1.82) is 0 Å². The third-order valence-electron chi connectivity index (χ3n) is 5.27. The summed E-state index contributed by atoms with van der Waals surface area (Å²) in [6.45, 7) is 6.84. The molecule has 2 heterocycles. The summed E-state index contributed by atoms with van der Waals surface area (Å²) in [5, 5.41) is 8.25. The van der Waals surface area contributed by atoms with Crippen LogP contribution < -0.4 is 20.5 Å². The van der Waals surface area contributed by atoms with Crippen LogP contribution in [0.15, 0.2) is 30.3 Å². The molecule has 8 nitrogen and oxygen atoms in total. The minimum atomic E-state index is -0.752. The van der Waals surface area contributed by atoms with Gasteiger partial charge in [0.2, 0.25) is 5.91 Å². The minimum Gasteiger partial charge on any atom is -0.481 e. The van der Waals surface area contributed by atoms with Crippen LogP contribution in [0.4, 0.5) is 5.82 Å². The number of aryl methyl sites for hydroxylation is 1. The molecule has 0 saturated carbocycles. The van der Waals surface area contributed by atoms with Crippen LogP contribution in [0.5, 0.6) is 5.75 Å². The van der Waals surface area contributed by atoms with Crippen LogP contribution in [0.3, 0.4) is 0 Å². The highest BCUT2D eigenvalue weighted by Gasteiger charge is 2.27. The Labute approximate surface area is 180 Å². The topological polar surface area (TPSA) is 96.5 Å². The van der Waals surface area contributed by atoms with Crippen molar-refractivity contribution in [2.45, 2.75) is 39.7 Å². The molecule has 9 heteroatoms. The maximum Gasteiger partial charge on any atom is 0.279 e. The molecule has 0 aliphatic carbocycles. The van der Waals surface area contributed by atoms with Gasteiger partial charge in [-0.2, -0.15) is 0 Å². The van der Waals surface area contributed by atoms with Gasteiger partial charge >= 0.3 is 0 Å². The van der Waals surface area contributed by atoms with Crippen LogP contribution in [0.1, 0.15) is 30.9 Å². The third kappa shape index (κ3) is 5.38. The van der Waals surface area contributed by atoms with Gasteiger partial charge in [-0.05, 0) is 62.9 Å². The summed E-state index contributed by atoms with van der Waals surface area (Å²) in [6.07, 6.45) is 0.814. The van der Waals surface area contributed by atoms with Crippen molar-refractivity contribution in [2.75, 3.05) is 18.0 Å². The molecular weight excluding hydrogens is 406 g/mol. The molecule has 0 unspecified atom stereocenters. The summed E-state index contributed by atoms with van der Waals surface area (Å²) >= 11 is 5.79. The Balaban J connectivity index is 1.51. The van der Waals surface area contributed by atoms with Crippen molar-refractivity contribution < 1.29 is 14.3 Å². The van der Waals surface area contributed by atoms with Crippen molar-refractivity contribution in [1.82, 2.24) is 21.0 Å². The van der Waals surface area contributed by atoms with E-state index in [0.717, 1.165) is 30.5 Å². The van der Waals surface area contributed by atoms with Crippen LogP contribution in [0.25, 0.3) is 0 Å². The highest BCUT2D eigenvalue weighted by molar-refractivity contribution is 6.29. The van der Waals surface area contributed by atoms with E-state index in [-0.39, 0.29) is 11.8 Å². The summed E-state index contributed by atoms with van der Waals surface area (Å²) < 4.78 is 5.75. The van der Waals surface area contributed by atoms with Crippen molar-refractivity contribution in [3.05, 3.63) is 46.6 Å². The Morgan fingerprint density at radius 3 is 2.73 bits per heavy atom. The largest absolute Gasteiger partial charge is 0.481 e. The summed E-state index contributed by atoms with van der Waals surface area (Å²) in [5.74, 6) is 0.397. The van der Waals surface area contributed by atoms with Gasteiger partial charge in [0, 0.05) is 13.1 Å². The fourth-order valence-electron chi connectivity index (χ4n) is 3.30. The van der Waals surface area contributed by atoms with Crippen molar-refractivity contribution in [3.63, 3.8) is 0 Å². The number of hydrazine groups is 1. The van der Waals surface area contributed by atoms with Crippen LogP contribution in [-0.2, 0) is 9.59 Å². The van der Waals surface area contributed by atoms with Crippen LogP contribution in [0, 0.1) is 19.8 Å². The number of hydrogen-bond donors (Lipinski definition) is 2. The molecule has 1 aromatic carbocycles. The molecule has 3 rings (SSSR count). The molecule has 1 aliphatic rings. The van der Waals surface area contributed by atoms with E-state index < -0.39 is 12.0 Å². The number of benzene rings is 1. The van der Waals surface area contributed by atoms with E-state index in [0.29, 0.717) is 23.3 Å². The average Bonchev–Trinajstić information content (AvgIpc) is 2.75. The molecule has 1 saturated heterocycles. The Hall–Kier alpha value is -2.87. The number of anilines is 1. The SMILES string of the molecule is Cc1cccc(O[C@@H](C)C(=O)NNC(=O)[C@@H]2CCCN(c3ccc(Cl)nn3)C2)c1C. The van der Waals surface area contributed by atoms with Crippen molar-refractivity contribution >= 4 is 29.2 Å². The number of halogens is 1. The molecule has 1 aliphatic heterocycles. The zero-order chi connectivity index (χ0) is 21.7. The predicted octanol–water partition coefficient (Wildman–Crippen LogP) is 2.58. The van der Waals surface area contributed by atoms with E-state index in [9.17, 15) is 9.59 Å². The standard InChI is InChI=1S/C21H26ClN5O3/c1-13-6-4-8-17(14(13)2)30-15(3)20(28)25-26-21(29)16-7-5-11-27(12-16)19-10-9-18(22)23-24-19/h4,6,8-10,15-16H,5,7,11-12H2,1-3H3,(H,25,28)(H,26,29)/t15-,16+/m0/s1. The maximum absolute atomic E-state index is 12.6. The van der Waals surface area contributed by atoms with E-state index in [4.69, 9.17) is 16.3 Å². The average molecular weight is 432 g/mol. The number of aromatic nitrogens is 2. The number of piperidine rings is 1. The number of carbonyl (C=O) groups excluding carboxylic acids is 2. The first kappa shape index (κ1) is 21.8. The fourth-order valence-corrected chi connectivity index (χ4v) is 3.40. The quantitative estimate of drug-likeness (QED) is 0.706. The van der Waals surface area contributed by atoms with E-state index in [1.54, 1.807) is 19.1 Å². The molecular formula is C21H26ClN5O3. The molecule has 2 amide bonds. The second-order valence-corrected chi connectivity index (χ2v) is 7.82. The summed E-state index contributed by atoms with van der Waals surface area (Å²) in [4.78, 5) is 26.9. The van der Waals surface area contributed by atoms with E-state index >= 15 is 0 Å². The maximum atomic E-state index is 12.6. The summed E-state index contributed by atoms with van der Waals surface area (Å²) in [6, 6.07) is 9.13. The summed E-state index contributed by atoms with van der Waals surface area (Å²) in [5.41, 5.74) is 7.06. The minimum absolute atomic E-state index is 0.242. The lowest BCUT2D eigenvalue weighted by atomic mass is 9.97. The monoisotopic (exact) mass is 431 g/mol. The van der Waals surface area contributed by atoms with Gasteiger partial charge in [0.05, 0.1) is 5.92 Å². The predicted molar refractivity (Wildman–Crippen MR) is 114 cm³/mol. The molecule has 1 fully saturated rings. The van der Waals surface area contributed by atoms with Crippen molar-refractivity contribution in [3.8, 4) is 5.75 Å². The van der Waals surface area contributed by atoms with Gasteiger partial charge in [-0.1, -0.05) is 23.7 Å². The Bertz CT molecular complexity index is 906. The molecule has 2 N–H and O–H groups in total. The third-order valence-corrected chi connectivity index (χ3v) is 5.47. The Kier molecular flexibility index (Phi) is 7.10. The van der Waals surface area contributed by atoms with Gasteiger partial charge < -0.3 is 9.64 Å². The second-order valence-electron chi connectivity index (χ2n) is 7.44. The lowest BCUT2D eigenvalue weighted by molar-refractivity contribution is -0.134. The molecule has 0 radical (unpaired) electrons. The Morgan fingerprint density at radius 1 is 1.20 bits per heavy atom. The van der Waals surface area contributed by atoms with E-state index in [1.165, 1.54) is 0 Å². The van der Waals surface area contributed by atoms with Crippen molar-refractivity contribution in [2.24, 2.45) is 5.92 Å². The molecule has 160 valence electrons. The smallest absolute Gasteiger partial charge is 0.279 e. The normalized spacial score (nSPS) is 17.2. The van der Waals surface area contributed by atoms with Crippen LogP contribution in [0.2, 0.25) is 5.15 Å². The van der Waals surface area contributed by atoms with Gasteiger partial charge in [0.1, 0.15) is 5.75 Å². The highest BCUT2D eigenvalue weighted by Crippen LogP contribution is 2.23. The molecule has 1 aromatic heterocycles. The van der Waals surface area contributed by atoms with Crippen LogP contribution in [-0.4, -0.2) is 41.2 Å². The zero-order valence-corrected chi connectivity index (χ0v) is 18.1. The van der Waals surface area contributed by atoms with Gasteiger partial charge in [-0.3, -0.25) is 20.4 Å². The first-order valence-corrected chi connectivity index (χ1v) is 10.3. The number of rotatable bonds is 5. The number of carbonyl (C=O) groups is 2. The van der Waals surface area contributed by atoms with Gasteiger partial charge in [0.15, 0.2) is 17.1 Å². The summed E-state index contributed by atoms with van der Waals surface area (Å²) in [7, 11) is 0. The second kappa shape index (κ2) is 9.75. The zero-order valence-electron chi connectivity index (χ0n) is 17.3. The number of nitrogens with one attached hydrogen (secondary N) is 2. The first-order valence-electron chi connectivity index (χ1n) is 9.92. The highest BCUT2D eigenvalue weighted by atomic mass is 35.5. The lowest BCUT2D eigenvalue weighted by Crippen LogP contribution is -2.51. The van der Waals surface area contributed by atoms with Gasteiger partial charge in [-0.25, -0.2) is 0 Å². The lowest BCUT2D eigenvalue weighted by Gasteiger charge is -2.32. The number of nitrogens with zero attached hydrogens (tertiary/aromatic N) is 3. The number of amides is 2. The molecule has 30 heavy (non-hydrogen) atoms. The van der Waals surface area contributed by atoms with Crippen LogP contribution >= 0.6 is 11.6 Å².